The first-order chi connectivity index (χ1) is 11.5. The van der Waals surface area contributed by atoms with Gasteiger partial charge in [-0.25, -0.2) is 0 Å². The molecule has 0 aliphatic carbocycles. The summed E-state index contributed by atoms with van der Waals surface area (Å²) in [5, 5.41) is 4.88. The Morgan fingerprint density at radius 2 is 1.71 bits per heavy atom. The SMILES string of the molecule is COc1ccc(OC)c(C(=O)Nc2ccc3c(c2)C(=O)NC3=O)c1. The Kier molecular flexibility index (Phi) is 3.91. The van der Waals surface area contributed by atoms with Crippen molar-refractivity contribution in [1.29, 1.82) is 0 Å². The van der Waals surface area contributed by atoms with Crippen LogP contribution in [0.15, 0.2) is 36.4 Å². The number of benzene rings is 2. The number of fused-ring (bicyclic) bond motifs is 1. The topological polar surface area (TPSA) is 93.7 Å². The fraction of sp³-hybridized carbons (Fsp3) is 0.118. The number of imide groups is 1. The van der Waals surface area contributed by atoms with E-state index >= 15 is 0 Å². The Bertz CT molecular complexity index is 860. The van der Waals surface area contributed by atoms with Gasteiger partial charge in [0.2, 0.25) is 0 Å². The van der Waals surface area contributed by atoms with Gasteiger partial charge in [0.25, 0.3) is 17.7 Å². The molecule has 7 nitrogen and oxygen atoms in total. The summed E-state index contributed by atoms with van der Waals surface area (Å²) >= 11 is 0. The van der Waals surface area contributed by atoms with Gasteiger partial charge in [0.15, 0.2) is 0 Å². The predicted molar refractivity (Wildman–Crippen MR) is 85.7 cm³/mol. The summed E-state index contributed by atoms with van der Waals surface area (Å²) in [5.41, 5.74) is 1.21. The summed E-state index contributed by atoms with van der Waals surface area (Å²) in [5.74, 6) is -0.440. The molecule has 1 heterocycles. The maximum Gasteiger partial charge on any atom is 0.259 e. The van der Waals surface area contributed by atoms with Crippen LogP contribution in [0.2, 0.25) is 0 Å². The highest BCUT2D eigenvalue weighted by Crippen LogP contribution is 2.26. The second kappa shape index (κ2) is 6.04. The van der Waals surface area contributed by atoms with Crippen molar-refractivity contribution in [2.75, 3.05) is 19.5 Å². The van der Waals surface area contributed by atoms with E-state index in [-0.39, 0.29) is 16.7 Å². The van der Waals surface area contributed by atoms with Gasteiger partial charge in [-0.2, -0.15) is 0 Å². The first-order valence-electron chi connectivity index (χ1n) is 7.06. The van der Waals surface area contributed by atoms with E-state index in [0.717, 1.165) is 0 Å². The molecule has 0 unspecified atom stereocenters. The Morgan fingerprint density at radius 1 is 0.958 bits per heavy atom. The molecule has 1 aliphatic rings. The van der Waals surface area contributed by atoms with Gasteiger partial charge >= 0.3 is 0 Å². The summed E-state index contributed by atoms with van der Waals surface area (Å²) in [6, 6.07) is 9.37. The van der Waals surface area contributed by atoms with E-state index in [9.17, 15) is 14.4 Å². The quantitative estimate of drug-likeness (QED) is 0.836. The molecule has 2 aromatic carbocycles. The molecule has 0 bridgehead atoms. The van der Waals surface area contributed by atoms with Crippen molar-refractivity contribution in [3.8, 4) is 11.5 Å². The summed E-state index contributed by atoms with van der Waals surface area (Å²) < 4.78 is 10.3. The van der Waals surface area contributed by atoms with E-state index in [4.69, 9.17) is 9.47 Å². The maximum atomic E-state index is 12.5. The van der Waals surface area contributed by atoms with Gasteiger partial charge < -0.3 is 14.8 Å². The van der Waals surface area contributed by atoms with Gasteiger partial charge in [0.05, 0.1) is 30.9 Å². The summed E-state index contributed by atoms with van der Waals surface area (Å²) in [6.07, 6.45) is 0. The highest BCUT2D eigenvalue weighted by Gasteiger charge is 2.27. The molecule has 7 heteroatoms. The van der Waals surface area contributed by atoms with E-state index < -0.39 is 17.7 Å². The standard InChI is InChI=1S/C17H14N2O5/c1-23-10-4-6-14(24-2)13(8-10)17(22)18-9-3-5-11-12(7-9)16(21)19-15(11)20/h3-8H,1-2H3,(H,18,22)(H,19,20,21). The number of rotatable bonds is 4. The van der Waals surface area contributed by atoms with Gasteiger partial charge in [-0.15, -0.1) is 0 Å². The van der Waals surface area contributed by atoms with E-state index in [1.807, 2.05) is 0 Å². The van der Waals surface area contributed by atoms with Crippen LogP contribution in [0.4, 0.5) is 5.69 Å². The number of nitrogens with one attached hydrogen (secondary N) is 2. The zero-order chi connectivity index (χ0) is 17.3. The molecule has 0 radical (unpaired) electrons. The number of amides is 3. The third-order valence-corrected chi connectivity index (χ3v) is 3.65. The zero-order valence-electron chi connectivity index (χ0n) is 13.0. The second-order valence-corrected chi connectivity index (χ2v) is 5.06. The van der Waals surface area contributed by atoms with Crippen LogP contribution in [0.3, 0.4) is 0 Å². The minimum absolute atomic E-state index is 0.232. The molecular formula is C17H14N2O5. The molecule has 122 valence electrons. The van der Waals surface area contributed by atoms with Gasteiger partial charge in [0.1, 0.15) is 11.5 Å². The van der Waals surface area contributed by atoms with E-state index in [1.165, 1.54) is 26.4 Å². The van der Waals surface area contributed by atoms with Crippen LogP contribution in [0.5, 0.6) is 11.5 Å². The van der Waals surface area contributed by atoms with Crippen LogP contribution in [0.1, 0.15) is 31.1 Å². The first-order valence-corrected chi connectivity index (χ1v) is 7.06. The van der Waals surface area contributed by atoms with Crippen LogP contribution in [-0.2, 0) is 0 Å². The fourth-order valence-corrected chi connectivity index (χ4v) is 2.44. The van der Waals surface area contributed by atoms with Crippen LogP contribution in [0, 0.1) is 0 Å². The molecule has 0 spiro atoms. The summed E-state index contributed by atoms with van der Waals surface area (Å²) in [7, 11) is 2.96. The lowest BCUT2D eigenvalue weighted by molar-refractivity contribution is 0.0878. The van der Waals surface area contributed by atoms with E-state index in [1.54, 1.807) is 24.3 Å². The van der Waals surface area contributed by atoms with Crippen LogP contribution < -0.4 is 20.1 Å². The highest BCUT2D eigenvalue weighted by atomic mass is 16.5. The van der Waals surface area contributed by atoms with E-state index in [0.29, 0.717) is 17.2 Å². The number of anilines is 1. The number of hydrogen-bond donors (Lipinski definition) is 2. The van der Waals surface area contributed by atoms with Crippen molar-refractivity contribution in [3.05, 3.63) is 53.1 Å². The molecule has 0 saturated heterocycles. The van der Waals surface area contributed by atoms with Crippen molar-refractivity contribution in [2.45, 2.75) is 0 Å². The lowest BCUT2D eigenvalue weighted by Gasteiger charge is -2.11. The third kappa shape index (κ3) is 2.67. The van der Waals surface area contributed by atoms with Gasteiger partial charge in [-0.3, -0.25) is 19.7 Å². The van der Waals surface area contributed by atoms with Crippen molar-refractivity contribution in [3.63, 3.8) is 0 Å². The van der Waals surface area contributed by atoms with Crippen molar-refractivity contribution in [1.82, 2.24) is 5.32 Å². The molecule has 0 aromatic heterocycles. The van der Waals surface area contributed by atoms with Gasteiger partial charge in [0, 0.05) is 5.69 Å². The third-order valence-electron chi connectivity index (χ3n) is 3.65. The van der Waals surface area contributed by atoms with Crippen LogP contribution in [0.25, 0.3) is 0 Å². The maximum absolute atomic E-state index is 12.5. The van der Waals surface area contributed by atoms with Crippen molar-refractivity contribution in [2.24, 2.45) is 0 Å². The first kappa shape index (κ1) is 15.5. The average molecular weight is 326 g/mol. The van der Waals surface area contributed by atoms with E-state index in [2.05, 4.69) is 10.6 Å². The van der Waals surface area contributed by atoms with Crippen molar-refractivity contribution < 1.29 is 23.9 Å². The zero-order valence-corrected chi connectivity index (χ0v) is 13.0. The minimum atomic E-state index is -0.481. The normalized spacial score (nSPS) is 12.4. The summed E-state index contributed by atoms with van der Waals surface area (Å²) in [6.45, 7) is 0. The molecule has 0 atom stereocenters. The molecule has 3 rings (SSSR count). The average Bonchev–Trinajstić information content (AvgIpc) is 2.88. The largest absolute Gasteiger partial charge is 0.497 e. The number of carbonyl (C=O) groups excluding carboxylic acids is 3. The molecule has 0 fully saturated rings. The van der Waals surface area contributed by atoms with Crippen molar-refractivity contribution >= 4 is 23.4 Å². The molecular weight excluding hydrogens is 312 g/mol. The number of methoxy groups -OCH3 is 2. The van der Waals surface area contributed by atoms with Gasteiger partial charge in [-0.1, -0.05) is 0 Å². The molecule has 0 saturated carbocycles. The Morgan fingerprint density at radius 3 is 2.42 bits per heavy atom. The predicted octanol–water partition coefficient (Wildman–Crippen LogP) is 1.84. The van der Waals surface area contributed by atoms with Crippen LogP contribution >= 0.6 is 0 Å². The Hall–Kier alpha value is -3.35. The highest BCUT2D eigenvalue weighted by molar-refractivity contribution is 6.22. The monoisotopic (exact) mass is 326 g/mol. The lowest BCUT2D eigenvalue weighted by Crippen LogP contribution is -2.19. The molecule has 2 N–H and O–H groups in total. The minimum Gasteiger partial charge on any atom is -0.497 e. The molecule has 24 heavy (non-hydrogen) atoms. The lowest BCUT2D eigenvalue weighted by atomic mass is 10.1. The van der Waals surface area contributed by atoms with Crippen LogP contribution in [-0.4, -0.2) is 31.9 Å². The molecule has 2 aromatic rings. The Labute approximate surface area is 137 Å². The molecule has 1 aliphatic heterocycles. The van der Waals surface area contributed by atoms with Gasteiger partial charge in [-0.05, 0) is 36.4 Å². The number of carbonyl (C=O) groups is 3. The smallest absolute Gasteiger partial charge is 0.259 e. The fourth-order valence-electron chi connectivity index (χ4n) is 2.44. The number of hydrogen-bond acceptors (Lipinski definition) is 5. The molecule has 3 amide bonds. The Balaban J connectivity index is 1.90. The number of ether oxygens (including phenoxy) is 2. The summed E-state index contributed by atoms with van der Waals surface area (Å²) in [4.78, 5) is 35.7. The second-order valence-electron chi connectivity index (χ2n) is 5.06.